The third kappa shape index (κ3) is 2.74. The SMILES string of the molecule is COc1nc(N2C3CCC2CNC3)nc(Nc2ccc3[nH]ncc3c2)c1F. The summed E-state index contributed by atoms with van der Waals surface area (Å²) in [4.78, 5) is 11.0. The molecule has 2 bridgehead atoms. The number of nitrogens with one attached hydrogen (secondary N) is 3. The van der Waals surface area contributed by atoms with Crippen LogP contribution >= 0.6 is 0 Å². The zero-order valence-electron chi connectivity index (χ0n) is 14.9. The average Bonchev–Trinajstić information content (AvgIpc) is 3.24. The molecular formula is C18H20FN7O. The number of benzene rings is 1. The van der Waals surface area contributed by atoms with Crippen LogP contribution in [0.15, 0.2) is 24.4 Å². The van der Waals surface area contributed by atoms with Gasteiger partial charge in [0.05, 0.1) is 18.8 Å². The van der Waals surface area contributed by atoms with Crippen LogP contribution < -0.4 is 20.3 Å². The Morgan fingerprint density at radius 1 is 1.22 bits per heavy atom. The Morgan fingerprint density at radius 2 is 2.04 bits per heavy atom. The van der Waals surface area contributed by atoms with E-state index >= 15 is 0 Å². The number of ether oxygens (including phenoxy) is 1. The molecule has 0 aliphatic carbocycles. The van der Waals surface area contributed by atoms with E-state index in [-0.39, 0.29) is 11.7 Å². The smallest absolute Gasteiger partial charge is 0.257 e. The molecule has 27 heavy (non-hydrogen) atoms. The number of halogens is 1. The second kappa shape index (κ2) is 6.34. The zero-order chi connectivity index (χ0) is 18.4. The molecule has 2 fully saturated rings. The summed E-state index contributed by atoms with van der Waals surface area (Å²) in [7, 11) is 1.42. The molecular weight excluding hydrogens is 349 g/mol. The zero-order valence-corrected chi connectivity index (χ0v) is 14.9. The number of nitrogens with zero attached hydrogens (tertiary/aromatic N) is 4. The molecule has 140 valence electrons. The Labute approximate surface area is 155 Å². The summed E-state index contributed by atoms with van der Waals surface area (Å²) in [6.07, 6.45) is 3.89. The van der Waals surface area contributed by atoms with Gasteiger partial charge in [-0.25, -0.2) is 0 Å². The number of fused-ring (bicyclic) bond motifs is 3. The first-order valence-corrected chi connectivity index (χ1v) is 9.03. The van der Waals surface area contributed by atoms with E-state index in [4.69, 9.17) is 4.74 Å². The number of rotatable bonds is 4. The van der Waals surface area contributed by atoms with E-state index < -0.39 is 5.82 Å². The van der Waals surface area contributed by atoms with Gasteiger partial charge in [-0.3, -0.25) is 5.10 Å². The van der Waals surface area contributed by atoms with Gasteiger partial charge in [-0.1, -0.05) is 0 Å². The normalized spacial score (nSPS) is 21.6. The molecule has 0 amide bonds. The van der Waals surface area contributed by atoms with Crippen LogP contribution in [-0.2, 0) is 0 Å². The van der Waals surface area contributed by atoms with Crippen LogP contribution in [0, 0.1) is 5.82 Å². The van der Waals surface area contributed by atoms with Gasteiger partial charge in [0.2, 0.25) is 11.8 Å². The van der Waals surface area contributed by atoms with Crippen molar-refractivity contribution in [2.24, 2.45) is 0 Å². The van der Waals surface area contributed by atoms with Crippen molar-refractivity contribution >= 4 is 28.4 Å². The molecule has 2 saturated heterocycles. The maximum Gasteiger partial charge on any atom is 0.257 e. The van der Waals surface area contributed by atoms with E-state index in [1.807, 2.05) is 18.2 Å². The van der Waals surface area contributed by atoms with Crippen molar-refractivity contribution in [1.29, 1.82) is 0 Å². The summed E-state index contributed by atoms with van der Waals surface area (Å²) in [5.41, 5.74) is 1.64. The number of hydrogen-bond acceptors (Lipinski definition) is 7. The summed E-state index contributed by atoms with van der Waals surface area (Å²) < 4.78 is 20.0. The molecule has 0 saturated carbocycles. The molecule has 5 rings (SSSR count). The van der Waals surface area contributed by atoms with Gasteiger partial charge in [0.25, 0.3) is 5.88 Å². The van der Waals surface area contributed by atoms with E-state index in [0.717, 1.165) is 42.5 Å². The van der Waals surface area contributed by atoms with Gasteiger partial charge in [0.15, 0.2) is 5.82 Å². The second-order valence-electron chi connectivity index (χ2n) is 6.94. The molecule has 2 unspecified atom stereocenters. The van der Waals surface area contributed by atoms with Crippen molar-refractivity contribution in [2.45, 2.75) is 24.9 Å². The molecule has 1 aromatic carbocycles. The van der Waals surface area contributed by atoms with Gasteiger partial charge < -0.3 is 20.3 Å². The monoisotopic (exact) mass is 369 g/mol. The maximum absolute atomic E-state index is 14.8. The summed E-state index contributed by atoms with van der Waals surface area (Å²) in [6.45, 7) is 1.78. The second-order valence-corrected chi connectivity index (χ2v) is 6.94. The molecule has 2 aliphatic heterocycles. The van der Waals surface area contributed by atoms with E-state index in [9.17, 15) is 4.39 Å². The predicted octanol–water partition coefficient (Wildman–Crippen LogP) is 2.18. The number of aromatic nitrogens is 4. The van der Waals surface area contributed by atoms with Gasteiger partial charge in [0, 0.05) is 36.2 Å². The van der Waals surface area contributed by atoms with Crippen molar-refractivity contribution < 1.29 is 9.13 Å². The Kier molecular flexibility index (Phi) is 3.82. The molecule has 2 aromatic heterocycles. The maximum atomic E-state index is 14.8. The third-order valence-corrected chi connectivity index (χ3v) is 5.32. The van der Waals surface area contributed by atoms with Crippen LogP contribution in [0.2, 0.25) is 0 Å². The largest absolute Gasteiger partial charge is 0.479 e. The highest BCUT2D eigenvalue weighted by Gasteiger charge is 2.38. The van der Waals surface area contributed by atoms with Gasteiger partial charge in [-0.05, 0) is 31.0 Å². The number of anilines is 3. The number of aromatic amines is 1. The van der Waals surface area contributed by atoms with Crippen molar-refractivity contribution in [3.63, 3.8) is 0 Å². The Balaban J connectivity index is 1.53. The molecule has 3 aromatic rings. The Hall–Kier alpha value is -2.94. The lowest BCUT2D eigenvalue weighted by molar-refractivity contribution is 0.366. The van der Waals surface area contributed by atoms with Crippen LogP contribution in [0.3, 0.4) is 0 Å². The molecule has 9 heteroatoms. The Morgan fingerprint density at radius 3 is 2.81 bits per heavy atom. The van der Waals surface area contributed by atoms with Gasteiger partial charge >= 0.3 is 0 Å². The highest BCUT2D eigenvalue weighted by Crippen LogP contribution is 2.34. The van der Waals surface area contributed by atoms with E-state index in [0.29, 0.717) is 18.0 Å². The lowest BCUT2D eigenvalue weighted by Crippen LogP contribution is -2.52. The first-order valence-electron chi connectivity index (χ1n) is 9.03. The van der Waals surface area contributed by atoms with Crippen LogP contribution in [0.4, 0.5) is 21.8 Å². The highest BCUT2D eigenvalue weighted by atomic mass is 19.1. The quantitative estimate of drug-likeness (QED) is 0.649. The van der Waals surface area contributed by atoms with E-state index in [1.54, 1.807) is 6.20 Å². The molecule has 2 aliphatic rings. The predicted molar refractivity (Wildman–Crippen MR) is 100 cm³/mol. The van der Waals surface area contributed by atoms with Gasteiger partial charge in [0.1, 0.15) is 0 Å². The van der Waals surface area contributed by atoms with Crippen LogP contribution in [0.1, 0.15) is 12.8 Å². The molecule has 2 atom stereocenters. The standard InChI is InChI=1S/C18H20FN7O/c1-27-17-15(19)16(22-11-2-5-14-10(6-11)7-21-25-14)23-18(24-17)26-12-3-4-13(26)9-20-8-12/h2,5-7,12-13,20H,3-4,8-9H2,1H3,(H,21,25)(H,22,23,24). The van der Waals surface area contributed by atoms with Crippen LogP contribution in [0.5, 0.6) is 5.88 Å². The van der Waals surface area contributed by atoms with Crippen molar-refractivity contribution in [3.05, 3.63) is 30.2 Å². The van der Waals surface area contributed by atoms with Crippen molar-refractivity contribution in [1.82, 2.24) is 25.5 Å². The van der Waals surface area contributed by atoms with Crippen molar-refractivity contribution in [3.8, 4) is 5.88 Å². The molecule has 4 heterocycles. The fourth-order valence-electron chi connectivity index (χ4n) is 4.01. The number of piperazine rings is 1. The Bertz CT molecular complexity index is 975. The lowest BCUT2D eigenvalue weighted by atomic mass is 10.2. The van der Waals surface area contributed by atoms with Crippen LogP contribution in [0.25, 0.3) is 10.9 Å². The minimum absolute atomic E-state index is 0.0511. The van der Waals surface area contributed by atoms with Crippen LogP contribution in [-0.4, -0.2) is 52.4 Å². The fourth-order valence-corrected chi connectivity index (χ4v) is 4.01. The van der Waals surface area contributed by atoms with Gasteiger partial charge in [-0.15, -0.1) is 0 Å². The minimum Gasteiger partial charge on any atom is -0.479 e. The number of hydrogen-bond donors (Lipinski definition) is 3. The molecule has 8 nitrogen and oxygen atoms in total. The highest BCUT2D eigenvalue weighted by molar-refractivity contribution is 5.82. The summed E-state index contributed by atoms with van der Waals surface area (Å²) in [5.74, 6) is -0.0346. The van der Waals surface area contributed by atoms with E-state index in [2.05, 4.69) is 35.7 Å². The minimum atomic E-state index is -0.601. The van der Waals surface area contributed by atoms with E-state index in [1.165, 1.54) is 7.11 Å². The molecule has 0 spiro atoms. The molecule has 3 N–H and O–H groups in total. The number of H-pyrrole nitrogens is 1. The fraction of sp³-hybridized carbons (Fsp3) is 0.389. The third-order valence-electron chi connectivity index (χ3n) is 5.32. The van der Waals surface area contributed by atoms with Crippen molar-refractivity contribution in [2.75, 3.05) is 30.4 Å². The first-order chi connectivity index (χ1) is 13.2. The average molecular weight is 369 g/mol. The summed E-state index contributed by atoms with van der Waals surface area (Å²) >= 11 is 0. The lowest BCUT2D eigenvalue weighted by Gasteiger charge is -2.35. The molecule has 0 radical (unpaired) electrons. The summed E-state index contributed by atoms with van der Waals surface area (Å²) in [5, 5.41) is 14.3. The number of methoxy groups -OCH3 is 1. The summed E-state index contributed by atoms with van der Waals surface area (Å²) in [6, 6.07) is 6.28. The first kappa shape index (κ1) is 16.2. The van der Waals surface area contributed by atoms with Gasteiger partial charge in [-0.2, -0.15) is 19.5 Å². The topological polar surface area (TPSA) is 91.0 Å².